The third kappa shape index (κ3) is 2.96. The number of hydrogen-bond donors (Lipinski definition) is 1. The summed E-state index contributed by atoms with van der Waals surface area (Å²) in [6.07, 6.45) is 8.60. The van der Waals surface area contributed by atoms with Crippen molar-refractivity contribution in [2.24, 2.45) is 17.3 Å². The summed E-state index contributed by atoms with van der Waals surface area (Å²) in [5.74, 6) is 1.96. The van der Waals surface area contributed by atoms with E-state index in [4.69, 9.17) is 0 Å². The van der Waals surface area contributed by atoms with Crippen molar-refractivity contribution in [1.29, 1.82) is 0 Å². The Labute approximate surface area is 95.0 Å². The molecule has 0 bridgehead atoms. The summed E-state index contributed by atoms with van der Waals surface area (Å²) >= 11 is 0. The zero-order valence-corrected chi connectivity index (χ0v) is 10.7. The van der Waals surface area contributed by atoms with Crippen molar-refractivity contribution in [1.82, 2.24) is 5.32 Å². The molecule has 2 aliphatic carbocycles. The van der Waals surface area contributed by atoms with Gasteiger partial charge >= 0.3 is 0 Å². The normalized spacial score (nSPS) is 39.0. The van der Waals surface area contributed by atoms with Gasteiger partial charge in [-0.2, -0.15) is 0 Å². The summed E-state index contributed by atoms with van der Waals surface area (Å²) in [6, 6.07) is 0.833. The first kappa shape index (κ1) is 11.4. The SMILES string of the molecule is CCC1CCCC(NCC2CC2(C)C)C1. The summed E-state index contributed by atoms with van der Waals surface area (Å²) in [5, 5.41) is 3.80. The molecule has 0 radical (unpaired) electrons. The van der Waals surface area contributed by atoms with Crippen molar-refractivity contribution in [2.45, 2.75) is 65.3 Å². The van der Waals surface area contributed by atoms with E-state index >= 15 is 0 Å². The van der Waals surface area contributed by atoms with Crippen molar-refractivity contribution in [3.05, 3.63) is 0 Å². The molecule has 2 fully saturated rings. The molecule has 0 aromatic carbocycles. The lowest BCUT2D eigenvalue weighted by Gasteiger charge is -2.29. The van der Waals surface area contributed by atoms with Crippen LogP contribution in [0, 0.1) is 17.3 Å². The summed E-state index contributed by atoms with van der Waals surface area (Å²) < 4.78 is 0. The van der Waals surface area contributed by atoms with Gasteiger partial charge < -0.3 is 5.32 Å². The van der Waals surface area contributed by atoms with Crippen molar-refractivity contribution < 1.29 is 0 Å². The summed E-state index contributed by atoms with van der Waals surface area (Å²) in [7, 11) is 0. The van der Waals surface area contributed by atoms with E-state index in [0.717, 1.165) is 17.9 Å². The predicted octanol–water partition coefficient (Wildman–Crippen LogP) is 3.59. The Bertz CT molecular complexity index is 209. The average molecular weight is 209 g/mol. The van der Waals surface area contributed by atoms with Gasteiger partial charge in [0.1, 0.15) is 0 Å². The molecule has 1 N–H and O–H groups in total. The number of rotatable bonds is 4. The van der Waals surface area contributed by atoms with Gasteiger partial charge in [-0.3, -0.25) is 0 Å². The fraction of sp³-hybridized carbons (Fsp3) is 1.00. The van der Waals surface area contributed by atoms with Crippen molar-refractivity contribution in [3.63, 3.8) is 0 Å². The second kappa shape index (κ2) is 4.45. The van der Waals surface area contributed by atoms with Crippen LogP contribution in [-0.4, -0.2) is 12.6 Å². The molecule has 1 heteroatoms. The fourth-order valence-electron chi connectivity index (χ4n) is 3.08. The second-order valence-electron chi connectivity index (χ2n) is 6.44. The molecule has 0 aliphatic heterocycles. The lowest BCUT2D eigenvalue weighted by molar-refractivity contribution is 0.275. The van der Waals surface area contributed by atoms with Crippen LogP contribution in [0.1, 0.15) is 59.3 Å². The first-order chi connectivity index (χ1) is 7.12. The largest absolute Gasteiger partial charge is 0.314 e. The monoisotopic (exact) mass is 209 g/mol. The molecule has 0 heterocycles. The Balaban J connectivity index is 1.66. The second-order valence-corrected chi connectivity index (χ2v) is 6.44. The van der Waals surface area contributed by atoms with E-state index in [0.29, 0.717) is 5.41 Å². The van der Waals surface area contributed by atoms with Crippen molar-refractivity contribution in [2.75, 3.05) is 6.54 Å². The van der Waals surface area contributed by atoms with Gasteiger partial charge in [-0.25, -0.2) is 0 Å². The Morgan fingerprint density at radius 2 is 2.00 bits per heavy atom. The maximum atomic E-state index is 3.80. The lowest BCUT2D eigenvalue weighted by Crippen LogP contribution is -2.35. The topological polar surface area (TPSA) is 12.0 Å². The highest BCUT2D eigenvalue weighted by atomic mass is 14.9. The minimum absolute atomic E-state index is 0.645. The molecule has 1 nitrogen and oxygen atoms in total. The van der Waals surface area contributed by atoms with E-state index in [2.05, 4.69) is 26.1 Å². The number of hydrogen-bond acceptors (Lipinski definition) is 1. The Morgan fingerprint density at radius 1 is 1.27 bits per heavy atom. The van der Waals surface area contributed by atoms with E-state index in [9.17, 15) is 0 Å². The minimum Gasteiger partial charge on any atom is -0.314 e. The van der Waals surface area contributed by atoms with Gasteiger partial charge in [0.15, 0.2) is 0 Å². The lowest BCUT2D eigenvalue weighted by atomic mass is 9.84. The highest BCUT2D eigenvalue weighted by molar-refractivity contribution is 4.96. The molecule has 88 valence electrons. The van der Waals surface area contributed by atoms with Crippen LogP contribution in [0.3, 0.4) is 0 Å². The molecule has 2 rings (SSSR count). The van der Waals surface area contributed by atoms with Crippen LogP contribution in [0.4, 0.5) is 0 Å². The Kier molecular flexibility index (Phi) is 3.39. The summed E-state index contributed by atoms with van der Waals surface area (Å²) in [6.45, 7) is 8.41. The van der Waals surface area contributed by atoms with Crippen LogP contribution in [-0.2, 0) is 0 Å². The van der Waals surface area contributed by atoms with Gasteiger partial charge in [-0.15, -0.1) is 0 Å². The molecule has 0 saturated heterocycles. The van der Waals surface area contributed by atoms with Crippen LogP contribution < -0.4 is 5.32 Å². The maximum absolute atomic E-state index is 3.80. The number of nitrogens with one attached hydrogen (secondary N) is 1. The molecule has 0 aromatic heterocycles. The van der Waals surface area contributed by atoms with Crippen molar-refractivity contribution >= 4 is 0 Å². The smallest absolute Gasteiger partial charge is 0.00698 e. The summed E-state index contributed by atoms with van der Waals surface area (Å²) in [4.78, 5) is 0. The zero-order valence-electron chi connectivity index (χ0n) is 10.7. The van der Waals surface area contributed by atoms with Crippen LogP contribution >= 0.6 is 0 Å². The molecule has 15 heavy (non-hydrogen) atoms. The standard InChI is InChI=1S/C14H27N/c1-4-11-6-5-7-13(8-11)15-10-12-9-14(12,2)3/h11-13,15H,4-10H2,1-3H3. The summed E-state index contributed by atoms with van der Waals surface area (Å²) in [5.41, 5.74) is 0.645. The van der Waals surface area contributed by atoms with E-state index in [1.165, 1.54) is 45.1 Å². The molecule has 0 spiro atoms. The molecule has 2 saturated carbocycles. The van der Waals surface area contributed by atoms with Gasteiger partial charge in [-0.1, -0.05) is 40.0 Å². The molecule has 3 unspecified atom stereocenters. The van der Waals surface area contributed by atoms with Gasteiger partial charge in [0.05, 0.1) is 0 Å². The molecular weight excluding hydrogens is 182 g/mol. The van der Waals surface area contributed by atoms with Gasteiger partial charge in [0, 0.05) is 6.04 Å². The Morgan fingerprint density at radius 3 is 2.60 bits per heavy atom. The van der Waals surface area contributed by atoms with E-state index < -0.39 is 0 Å². The average Bonchev–Trinajstić information content (AvgIpc) is 2.84. The molecule has 0 amide bonds. The van der Waals surface area contributed by atoms with E-state index in [1.807, 2.05) is 0 Å². The van der Waals surface area contributed by atoms with Crippen LogP contribution in [0.2, 0.25) is 0 Å². The van der Waals surface area contributed by atoms with Crippen molar-refractivity contribution in [3.8, 4) is 0 Å². The molecular formula is C14H27N. The first-order valence-electron chi connectivity index (χ1n) is 6.85. The molecule has 0 aromatic rings. The van der Waals surface area contributed by atoms with Crippen LogP contribution in [0.25, 0.3) is 0 Å². The Hall–Kier alpha value is -0.0400. The zero-order chi connectivity index (χ0) is 10.9. The predicted molar refractivity (Wildman–Crippen MR) is 65.9 cm³/mol. The quantitative estimate of drug-likeness (QED) is 0.746. The minimum atomic E-state index is 0.645. The fourth-order valence-corrected chi connectivity index (χ4v) is 3.08. The maximum Gasteiger partial charge on any atom is 0.00698 e. The van der Waals surface area contributed by atoms with E-state index in [1.54, 1.807) is 0 Å². The van der Waals surface area contributed by atoms with Crippen LogP contribution in [0.5, 0.6) is 0 Å². The third-order valence-electron chi connectivity index (χ3n) is 4.73. The molecule has 3 atom stereocenters. The van der Waals surface area contributed by atoms with Gasteiger partial charge in [-0.05, 0) is 43.1 Å². The van der Waals surface area contributed by atoms with Gasteiger partial charge in [0.2, 0.25) is 0 Å². The van der Waals surface area contributed by atoms with E-state index in [-0.39, 0.29) is 0 Å². The highest BCUT2D eigenvalue weighted by Gasteiger charge is 2.45. The third-order valence-corrected chi connectivity index (χ3v) is 4.73. The first-order valence-corrected chi connectivity index (χ1v) is 6.85. The molecule has 2 aliphatic rings. The van der Waals surface area contributed by atoms with Crippen LogP contribution in [0.15, 0.2) is 0 Å². The van der Waals surface area contributed by atoms with Gasteiger partial charge in [0.25, 0.3) is 0 Å². The highest BCUT2D eigenvalue weighted by Crippen LogP contribution is 2.51.